The third-order valence-electron chi connectivity index (χ3n) is 6.19. The van der Waals surface area contributed by atoms with Gasteiger partial charge in [-0.3, -0.25) is 13.9 Å². The second-order valence-corrected chi connectivity index (χ2v) is 11.9. The number of nitrogens with one attached hydrogen (secondary N) is 2. The zero-order valence-electron chi connectivity index (χ0n) is 21.7. The number of hydrogen-bond donors (Lipinski definition) is 6. The van der Waals surface area contributed by atoms with E-state index in [0.29, 0.717) is 0 Å². The van der Waals surface area contributed by atoms with Crippen LogP contribution in [0.2, 0.25) is 0 Å². The summed E-state index contributed by atoms with van der Waals surface area (Å²) in [4.78, 5) is 29.0. The third kappa shape index (κ3) is 5.64. The number of carbonyl (C=O) groups excluding carboxylic acids is 1. The molecule has 15 nitrogen and oxygen atoms in total. The van der Waals surface area contributed by atoms with E-state index in [1.165, 1.54) is 55.5 Å². The van der Waals surface area contributed by atoms with Crippen molar-refractivity contribution in [1.29, 1.82) is 0 Å². The van der Waals surface area contributed by atoms with Crippen LogP contribution in [0.5, 0.6) is 5.75 Å². The fraction of sp³-hybridized carbons (Fsp3) is 0.0385. The number of carbonyl (C=O) groups is 2. The first-order valence-corrected chi connectivity index (χ1v) is 14.8. The smallest absolute Gasteiger partial charge is 0.338 e. The summed E-state index contributed by atoms with van der Waals surface area (Å²) >= 11 is 0. The van der Waals surface area contributed by atoms with Crippen molar-refractivity contribution in [1.82, 2.24) is 9.97 Å². The standard InChI is InChI=1S/C26H19N5O10S2/c1-12(32)27-13-6-8-18(17(10-13)26(34)35)30-31-23-21(43(39,40)41)11-16-14(24(23)33)7-9-19-22(16)29-25(28-19)15-4-2-3-5-20(15)42(36,37)38/h2-11,33H,1H3,(H,27,32)(H,28,29)(H,34,35)(H,36,37,38)(H,39,40,41)/b31-30+. The van der Waals surface area contributed by atoms with Crippen LogP contribution >= 0.6 is 0 Å². The Kier molecular flexibility index (Phi) is 7.18. The number of carboxylic acids is 1. The highest BCUT2D eigenvalue weighted by molar-refractivity contribution is 7.86. The number of aromatic carboxylic acids is 1. The predicted octanol–water partition coefficient (Wildman–Crippen LogP) is 4.65. The average molecular weight is 626 g/mol. The van der Waals surface area contributed by atoms with Crippen molar-refractivity contribution in [3.8, 4) is 17.1 Å². The molecule has 0 bridgehead atoms. The quantitative estimate of drug-likeness (QED) is 0.107. The van der Waals surface area contributed by atoms with Gasteiger partial charge in [-0.15, -0.1) is 10.2 Å². The molecule has 0 aliphatic heterocycles. The Morgan fingerprint density at radius 3 is 2.23 bits per heavy atom. The lowest BCUT2D eigenvalue weighted by atomic mass is 10.1. The number of amides is 1. The normalized spacial score (nSPS) is 12.3. The van der Waals surface area contributed by atoms with Crippen LogP contribution < -0.4 is 5.32 Å². The molecule has 5 rings (SSSR count). The Balaban J connectivity index is 1.70. The molecule has 5 aromatic rings. The number of aromatic amines is 1. The van der Waals surface area contributed by atoms with Gasteiger partial charge in [0.2, 0.25) is 5.91 Å². The van der Waals surface area contributed by atoms with Gasteiger partial charge >= 0.3 is 5.97 Å². The molecule has 1 aromatic heterocycles. The number of anilines is 1. The van der Waals surface area contributed by atoms with E-state index in [9.17, 15) is 45.7 Å². The fourth-order valence-electron chi connectivity index (χ4n) is 4.39. The highest BCUT2D eigenvalue weighted by atomic mass is 32.2. The van der Waals surface area contributed by atoms with Crippen LogP contribution in [0.3, 0.4) is 0 Å². The molecule has 0 unspecified atom stereocenters. The van der Waals surface area contributed by atoms with Gasteiger partial charge in [0, 0.05) is 28.9 Å². The van der Waals surface area contributed by atoms with Crippen molar-refractivity contribution in [3.63, 3.8) is 0 Å². The Morgan fingerprint density at radius 1 is 0.884 bits per heavy atom. The second-order valence-electron chi connectivity index (χ2n) is 9.08. The lowest BCUT2D eigenvalue weighted by Gasteiger charge is -2.10. The molecule has 0 saturated heterocycles. The highest BCUT2D eigenvalue weighted by Gasteiger charge is 2.25. The van der Waals surface area contributed by atoms with Gasteiger partial charge < -0.3 is 20.5 Å². The molecule has 43 heavy (non-hydrogen) atoms. The van der Waals surface area contributed by atoms with Gasteiger partial charge in [-0.25, -0.2) is 9.78 Å². The maximum absolute atomic E-state index is 12.4. The number of carboxylic acid groups (broad SMARTS) is 1. The summed E-state index contributed by atoms with van der Waals surface area (Å²) in [5.74, 6) is -2.63. The van der Waals surface area contributed by atoms with E-state index in [4.69, 9.17) is 0 Å². The Morgan fingerprint density at radius 2 is 1.58 bits per heavy atom. The molecule has 0 saturated carbocycles. The number of H-pyrrole nitrogens is 1. The number of aromatic nitrogens is 2. The van der Waals surface area contributed by atoms with Gasteiger partial charge in [-0.2, -0.15) is 16.8 Å². The van der Waals surface area contributed by atoms with E-state index >= 15 is 0 Å². The van der Waals surface area contributed by atoms with Gasteiger partial charge in [0.1, 0.15) is 27.0 Å². The largest absolute Gasteiger partial charge is 0.505 e. The summed E-state index contributed by atoms with van der Waals surface area (Å²) < 4.78 is 68.2. The van der Waals surface area contributed by atoms with Gasteiger partial charge in [-0.1, -0.05) is 12.1 Å². The first-order chi connectivity index (χ1) is 20.1. The predicted molar refractivity (Wildman–Crippen MR) is 152 cm³/mol. The van der Waals surface area contributed by atoms with E-state index in [0.717, 1.165) is 12.1 Å². The summed E-state index contributed by atoms with van der Waals surface area (Å²) in [5.41, 5.74) is -0.839. The number of rotatable bonds is 7. The molecule has 0 aliphatic carbocycles. The molecular weight excluding hydrogens is 606 g/mol. The van der Waals surface area contributed by atoms with Crippen molar-refractivity contribution < 1.29 is 45.7 Å². The van der Waals surface area contributed by atoms with E-state index in [1.807, 2.05) is 0 Å². The minimum atomic E-state index is -5.06. The Bertz CT molecular complexity index is 2240. The van der Waals surface area contributed by atoms with Crippen molar-refractivity contribution in [2.45, 2.75) is 16.7 Å². The minimum Gasteiger partial charge on any atom is -0.505 e. The van der Waals surface area contributed by atoms with Crippen LogP contribution in [0.15, 0.2) is 80.7 Å². The van der Waals surface area contributed by atoms with Crippen molar-refractivity contribution in [3.05, 3.63) is 66.2 Å². The first kappa shape index (κ1) is 29.3. The molecule has 0 spiro atoms. The van der Waals surface area contributed by atoms with Gasteiger partial charge in [0.05, 0.1) is 16.6 Å². The third-order valence-corrected chi connectivity index (χ3v) is 7.97. The lowest BCUT2D eigenvalue weighted by molar-refractivity contribution is -0.114. The number of fused-ring (bicyclic) bond motifs is 3. The molecule has 4 aromatic carbocycles. The zero-order valence-corrected chi connectivity index (χ0v) is 23.3. The molecule has 0 radical (unpaired) electrons. The van der Waals surface area contributed by atoms with Crippen molar-refractivity contribution >= 4 is 71.0 Å². The summed E-state index contributed by atoms with van der Waals surface area (Å²) in [7, 11) is -9.70. The average Bonchev–Trinajstić information content (AvgIpc) is 3.36. The van der Waals surface area contributed by atoms with Crippen LogP contribution in [-0.4, -0.2) is 58.0 Å². The SMILES string of the molecule is CC(=O)Nc1ccc(/N=N/c2c(S(=O)(=O)O)cc3c(ccc4nc(-c5ccccc5S(=O)(=O)O)[nH]c43)c2O)c(C(=O)O)c1. The number of phenols is 1. The van der Waals surface area contributed by atoms with E-state index < -0.39 is 58.9 Å². The van der Waals surface area contributed by atoms with Gasteiger partial charge in [0.15, 0.2) is 5.75 Å². The molecule has 6 N–H and O–H groups in total. The number of aromatic hydroxyl groups is 1. The summed E-state index contributed by atoms with van der Waals surface area (Å²) in [6.45, 7) is 1.23. The molecular formula is C26H19N5O10S2. The number of phenolic OH excluding ortho intramolecular Hbond substituents is 1. The van der Waals surface area contributed by atoms with E-state index in [1.54, 1.807) is 0 Å². The maximum atomic E-state index is 12.4. The number of benzene rings is 4. The molecule has 1 amide bonds. The zero-order chi connectivity index (χ0) is 31.3. The number of imidazole rings is 1. The monoisotopic (exact) mass is 625 g/mol. The number of hydrogen-bond acceptors (Lipinski definition) is 10. The van der Waals surface area contributed by atoms with Crippen LogP contribution in [0.1, 0.15) is 17.3 Å². The van der Waals surface area contributed by atoms with Crippen molar-refractivity contribution in [2.24, 2.45) is 10.2 Å². The molecule has 0 aliphatic rings. The van der Waals surface area contributed by atoms with Crippen LogP contribution in [0.25, 0.3) is 33.2 Å². The van der Waals surface area contributed by atoms with E-state index in [2.05, 4.69) is 25.5 Å². The Labute approximate surface area is 242 Å². The number of nitrogens with zero attached hydrogens (tertiary/aromatic N) is 3. The maximum Gasteiger partial charge on any atom is 0.338 e. The lowest BCUT2D eigenvalue weighted by Crippen LogP contribution is -2.07. The fourth-order valence-corrected chi connectivity index (χ4v) is 5.73. The highest BCUT2D eigenvalue weighted by Crippen LogP contribution is 2.43. The van der Waals surface area contributed by atoms with Crippen LogP contribution in [-0.2, 0) is 25.0 Å². The summed E-state index contributed by atoms with van der Waals surface area (Å²) in [6, 6.07) is 12.9. The molecule has 220 valence electrons. The molecule has 0 fully saturated rings. The first-order valence-electron chi connectivity index (χ1n) is 11.9. The Hall–Kier alpha value is -5.23. The summed E-state index contributed by atoms with van der Waals surface area (Å²) in [5, 5.41) is 30.7. The van der Waals surface area contributed by atoms with Crippen molar-refractivity contribution in [2.75, 3.05) is 5.32 Å². The topological polar surface area (TPSA) is 249 Å². The van der Waals surface area contributed by atoms with Crippen LogP contribution in [0, 0.1) is 0 Å². The molecule has 1 heterocycles. The number of azo groups is 1. The molecule has 0 atom stereocenters. The van der Waals surface area contributed by atoms with Gasteiger partial charge in [-0.05, 0) is 48.5 Å². The van der Waals surface area contributed by atoms with Gasteiger partial charge in [0.25, 0.3) is 20.2 Å². The van der Waals surface area contributed by atoms with Crippen LogP contribution in [0.4, 0.5) is 17.1 Å². The minimum absolute atomic E-state index is 0.00343. The second kappa shape index (κ2) is 10.6. The van der Waals surface area contributed by atoms with E-state index in [-0.39, 0.29) is 44.6 Å². The summed E-state index contributed by atoms with van der Waals surface area (Å²) in [6.07, 6.45) is 0. The molecule has 17 heteroatoms.